The highest BCUT2D eigenvalue weighted by Crippen LogP contribution is 2.31. The number of sulfonamides is 1. The van der Waals surface area contributed by atoms with E-state index < -0.39 is 10.0 Å². The maximum absolute atomic E-state index is 13.2. The molecule has 0 fully saturated rings. The molecule has 0 saturated carbocycles. The van der Waals surface area contributed by atoms with Crippen molar-refractivity contribution in [2.45, 2.75) is 31.3 Å². The van der Waals surface area contributed by atoms with Gasteiger partial charge in [0.2, 0.25) is 10.0 Å². The molecule has 3 rings (SSSR count). The highest BCUT2D eigenvalue weighted by atomic mass is 35.5. The van der Waals surface area contributed by atoms with Gasteiger partial charge in [-0.1, -0.05) is 59.6 Å². The number of hydrogen-bond donors (Lipinski definition) is 0. The lowest BCUT2D eigenvalue weighted by atomic mass is 10.2. The smallest absolute Gasteiger partial charge is 0.242 e. The second kappa shape index (κ2) is 7.53. The van der Waals surface area contributed by atoms with E-state index in [9.17, 15) is 8.42 Å². The van der Waals surface area contributed by atoms with Gasteiger partial charge in [0.05, 0.1) is 9.92 Å². The van der Waals surface area contributed by atoms with E-state index in [1.165, 1.54) is 16.6 Å². The van der Waals surface area contributed by atoms with Crippen LogP contribution in [0.2, 0.25) is 10.2 Å². The first-order valence-electron chi connectivity index (χ1n) is 8.10. The van der Waals surface area contributed by atoms with E-state index in [1.54, 1.807) is 12.1 Å². The van der Waals surface area contributed by atoms with Gasteiger partial charge in [0.1, 0.15) is 5.15 Å². The molecule has 4 nitrogen and oxygen atoms in total. The van der Waals surface area contributed by atoms with Crippen molar-refractivity contribution in [3.63, 3.8) is 0 Å². The molecule has 0 aliphatic rings. The lowest BCUT2D eigenvalue weighted by molar-refractivity contribution is 0.348. The van der Waals surface area contributed by atoms with Crippen molar-refractivity contribution < 1.29 is 8.42 Å². The lowest BCUT2D eigenvalue weighted by Gasteiger charge is -2.26. The second-order valence-corrected chi connectivity index (χ2v) is 8.89. The Hall–Kier alpha value is -1.66. The van der Waals surface area contributed by atoms with Crippen LogP contribution in [0.1, 0.15) is 19.4 Å². The topological polar surface area (TPSA) is 50.3 Å². The van der Waals surface area contributed by atoms with Gasteiger partial charge < -0.3 is 0 Å². The molecule has 0 amide bonds. The van der Waals surface area contributed by atoms with Crippen molar-refractivity contribution in [3.8, 4) is 0 Å². The quantitative estimate of drug-likeness (QED) is 0.549. The van der Waals surface area contributed by atoms with Crippen molar-refractivity contribution in [2.75, 3.05) is 0 Å². The number of halogens is 2. The highest BCUT2D eigenvalue weighted by molar-refractivity contribution is 7.89. The molecule has 0 unspecified atom stereocenters. The zero-order chi connectivity index (χ0) is 18.9. The third-order valence-electron chi connectivity index (χ3n) is 4.13. The fourth-order valence-electron chi connectivity index (χ4n) is 2.76. The maximum atomic E-state index is 13.2. The van der Waals surface area contributed by atoms with Crippen LogP contribution in [0.5, 0.6) is 0 Å². The summed E-state index contributed by atoms with van der Waals surface area (Å²) in [6.07, 6.45) is 1.45. The normalized spacial score (nSPS) is 12.2. The molecule has 1 heterocycles. The number of aromatic nitrogens is 1. The summed E-state index contributed by atoms with van der Waals surface area (Å²) >= 11 is 12.3. The fourth-order valence-corrected chi connectivity index (χ4v) is 4.83. The molecule has 0 aliphatic carbocycles. The Morgan fingerprint density at radius 3 is 2.38 bits per heavy atom. The first-order valence-corrected chi connectivity index (χ1v) is 10.3. The van der Waals surface area contributed by atoms with E-state index in [1.807, 2.05) is 44.2 Å². The van der Waals surface area contributed by atoms with E-state index in [-0.39, 0.29) is 16.1 Å². The van der Waals surface area contributed by atoms with Crippen molar-refractivity contribution in [1.29, 1.82) is 0 Å². The largest absolute Gasteiger partial charge is 0.243 e. The van der Waals surface area contributed by atoms with Crippen LogP contribution < -0.4 is 0 Å². The Kier molecular flexibility index (Phi) is 5.53. The highest BCUT2D eigenvalue weighted by Gasteiger charge is 2.27. The SMILES string of the molecule is CC(C)N(Cc1ccccc1)S(=O)(=O)c1ccc2c(Cl)cnc(Cl)c2c1. The number of benzene rings is 2. The molecule has 0 N–H and O–H groups in total. The van der Waals surface area contributed by atoms with E-state index in [4.69, 9.17) is 23.2 Å². The minimum absolute atomic E-state index is 0.167. The summed E-state index contributed by atoms with van der Waals surface area (Å²) in [5.41, 5.74) is 0.924. The van der Waals surface area contributed by atoms with E-state index in [0.717, 1.165) is 5.56 Å². The average Bonchev–Trinajstić information content (AvgIpc) is 2.63. The second-order valence-electron chi connectivity index (χ2n) is 6.23. The Bertz CT molecular complexity index is 1040. The molecule has 0 spiro atoms. The Balaban J connectivity index is 2.07. The van der Waals surface area contributed by atoms with Crippen molar-refractivity contribution in [2.24, 2.45) is 0 Å². The van der Waals surface area contributed by atoms with Gasteiger partial charge >= 0.3 is 0 Å². The zero-order valence-corrected chi connectivity index (χ0v) is 16.7. The third kappa shape index (κ3) is 3.71. The average molecular weight is 409 g/mol. The molecule has 0 aliphatic heterocycles. The monoisotopic (exact) mass is 408 g/mol. The summed E-state index contributed by atoms with van der Waals surface area (Å²) < 4.78 is 28.0. The minimum atomic E-state index is -3.72. The van der Waals surface area contributed by atoms with Gasteiger partial charge in [0.25, 0.3) is 0 Å². The van der Waals surface area contributed by atoms with Crippen LogP contribution in [0, 0.1) is 0 Å². The molecule has 2 aromatic carbocycles. The maximum Gasteiger partial charge on any atom is 0.243 e. The van der Waals surface area contributed by atoms with Gasteiger partial charge in [-0.15, -0.1) is 0 Å². The molecule has 3 aromatic rings. The van der Waals surface area contributed by atoms with Crippen LogP contribution in [-0.2, 0) is 16.6 Å². The van der Waals surface area contributed by atoms with E-state index in [2.05, 4.69) is 4.98 Å². The summed E-state index contributed by atoms with van der Waals surface area (Å²) in [5.74, 6) is 0. The van der Waals surface area contributed by atoms with E-state index >= 15 is 0 Å². The summed E-state index contributed by atoms with van der Waals surface area (Å²) in [5, 5.41) is 1.84. The van der Waals surface area contributed by atoms with Gasteiger partial charge in [0.15, 0.2) is 0 Å². The minimum Gasteiger partial charge on any atom is -0.242 e. The first-order chi connectivity index (χ1) is 12.3. The molecule has 136 valence electrons. The van der Waals surface area contributed by atoms with E-state index in [0.29, 0.717) is 22.3 Å². The van der Waals surface area contributed by atoms with Crippen molar-refractivity contribution in [3.05, 3.63) is 70.5 Å². The third-order valence-corrected chi connectivity index (χ3v) is 6.75. The number of pyridine rings is 1. The van der Waals surface area contributed by atoms with Gasteiger partial charge in [-0.2, -0.15) is 4.31 Å². The fraction of sp³-hybridized carbons (Fsp3) is 0.211. The molecular weight excluding hydrogens is 391 g/mol. The molecular formula is C19H18Cl2N2O2S. The van der Waals surface area contributed by atoms with Gasteiger partial charge in [-0.25, -0.2) is 13.4 Å². The number of hydrogen-bond acceptors (Lipinski definition) is 3. The number of nitrogens with zero attached hydrogens (tertiary/aromatic N) is 2. The Morgan fingerprint density at radius 2 is 1.73 bits per heavy atom. The van der Waals surface area contributed by atoms with Crippen molar-refractivity contribution in [1.82, 2.24) is 9.29 Å². The van der Waals surface area contributed by atoms with Crippen molar-refractivity contribution >= 4 is 44.0 Å². The van der Waals surface area contributed by atoms with Crippen LogP contribution in [0.4, 0.5) is 0 Å². The standard InChI is InChI=1S/C19H18Cl2N2O2S/c1-13(2)23(12-14-6-4-3-5-7-14)26(24,25)15-8-9-16-17(10-15)19(21)22-11-18(16)20/h3-11,13H,12H2,1-2H3. The molecule has 0 saturated heterocycles. The Labute approximate surface area is 163 Å². The van der Waals surface area contributed by atoms with Crippen LogP contribution >= 0.6 is 23.2 Å². The molecule has 0 bridgehead atoms. The zero-order valence-electron chi connectivity index (χ0n) is 14.4. The van der Waals surface area contributed by atoms with Crippen LogP contribution in [0.3, 0.4) is 0 Å². The number of fused-ring (bicyclic) bond motifs is 1. The number of rotatable bonds is 5. The first kappa shape index (κ1) is 19.1. The van der Waals surface area contributed by atoms with Crippen LogP contribution in [-0.4, -0.2) is 23.7 Å². The van der Waals surface area contributed by atoms with Crippen LogP contribution in [0.25, 0.3) is 10.8 Å². The predicted molar refractivity (Wildman–Crippen MR) is 106 cm³/mol. The summed E-state index contributed by atoms with van der Waals surface area (Å²) in [6.45, 7) is 4.00. The Morgan fingerprint density at radius 1 is 1.04 bits per heavy atom. The molecule has 0 radical (unpaired) electrons. The summed E-state index contributed by atoms with van der Waals surface area (Å²) in [4.78, 5) is 4.17. The molecule has 0 atom stereocenters. The predicted octanol–water partition coefficient (Wildman–Crippen LogP) is 5.14. The summed E-state index contributed by atoms with van der Waals surface area (Å²) in [6, 6.07) is 14.1. The van der Waals surface area contributed by atoms with Gasteiger partial charge in [-0.05, 0) is 31.5 Å². The van der Waals surface area contributed by atoms with Crippen LogP contribution in [0.15, 0.2) is 59.6 Å². The molecule has 7 heteroatoms. The van der Waals surface area contributed by atoms with Gasteiger partial charge in [-0.3, -0.25) is 0 Å². The lowest BCUT2D eigenvalue weighted by Crippen LogP contribution is -2.36. The molecule has 26 heavy (non-hydrogen) atoms. The molecule has 1 aromatic heterocycles. The summed E-state index contributed by atoms with van der Waals surface area (Å²) in [7, 11) is -3.72. The van der Waals surface area contributed by atoms with Gasteiger partial charge in [0, 0.05) is 29.6 Å².